The molecule has 3 nitrogen and oxygen atoms in total. The lowest BCUT2D eigenvalue weighted by Crippen LogP contribution is -2.34. The Hall–Kier alpha value is -0.490. The third-order valence-corrected chi connectivity index (χ3v) is 4.73. The second kappa shape index (κ2) is 6.10. The standard InChI is InChI=1S/C14H22BrF2N3/c1-9(2)20-13(11(15)8-19-20)12(18-3)10-4-6-14(16,17)7-5-10/h8-10,12,18H,4-7H2,1-3H3. The van der Waals surface area contributed by atoms with E-state index in [1.165, 1.54) is 0 Å². The van der Waals surface area contributed by atoms with Gasteiger partial charge in [-0.15, -0.1) is 0 Å². The molecule has 1 aliphatic rings. The van der Waals surface area contributed by atoms with E-state index in [9.17, 15) is 8.78 Å². The first kappa shape index (κ1) is 15.9. The average Bonchev–Trinajstić information content (AvgIpc) is 2.75. The summed E-state index contributed by atoms with van der Waals surface area (Å²) in [5.74, 6) is -2.25. The van der Waals surface area contributed by atoms with Gasteiger partial charge in [0.25, 0.3) is 0 Å². The predicted octanol–water partition coefficient (Wildman–Crippen LogP) is 4.31. The topological polar surface area (TPSA) is 29.9 Å². The van der Waals surface area contributed by atoms with Crippen molar-refractivity contribution in [1.29, 1.82) is 0 Å². The maximum absolute atomic E-state index is 13.3. The predicted molar refractivity (Wildman–Crippen MR) is 79.0 cm³/mol. The van der Waals surface area contributed by atoms with Crippen LogP contribution in [0.4, 0.5) is 8.78 Å². The summed E-state index contributed by atoms with van der Waals surface area (Å²) in [6.07, 6.45) is 2.87. The van der Waals surface area contributed by atoms with Crippen molar-refractivity contribution in [2.45, 2.75) is 57.5 Å². The monoisotopic (exact) mass is 349 g/mol. The molecule has 114 valence electrons. The smallest absolute Gasteiger partial charge is 0.248 e. The van der Waals surface area contributed by atoms with Crippen molar-refractivity contribution in [1.82, 2.24) is 15.1 Å². The molecule has 1 heterocycles. The van der Waals surface area contributed by atoms with E-state index >= 15 is 0 Å². The second-order valence-electron chi connectivity index (χ2n) is 5.88. The minimum Gasteiger partial charge on any atom is -0.311 e. The molecule has 20 heavy (non-hydrogen) atoms. The molecular formula is C14H22BrF2N3. The first-order valence-electron chi connectivity index (χ1n) is 7.13. The van der Waals surface area contributed by atoms with Gasteiger partial charge in [-0.1, -0.05) is 0 Å². The fraction of sp³-hybridized carbons (Fsp3) is 0.786. The van der Waals surface area contributed by atoms with Crippen molar-refractivity contribution in [3.05, 3.63) is 16.4 Å². The molecule has 1 N–H and O–H groups in total. The quantitative estimate of drug-likeness (QED) is 0.877. The van der Waals surface area contributed by atoms with Gasteiger partial charge in [-0.25, -0.2) is 8.78 Å². The highest BCUT2D eigenvalue weighted by molar-refractivity contribution is 9.10. The van der Waals surface area contributed by atoms with Gasteiger partial charge in [0.15, 0.2) is 0 Å². The molecule has 0 amide bonds. The third kappa shape index (κ3) is 3.22. The number of rotatable bonds is 4. The van der Waals surface area contributed by atoms with Crippen LogP contribution in [-0.2, 0) is 0 Å². The van der Waals surface area contributed by atoms with E-state index < -0.39 is 5.92 Å². The molecule has 1 aromatic heterocycles. The van der Waals surface area contributed by atoms with E-state index in [2.05, 4.69) is 40.2 Å². The van der Waals surface area contributed by atoms with Gasteiger partial charge >= 0.3 is 0 Å². The maximum Gasteiger partial charge on any atom is 0.248 e. The lowest BCUT2D eigenvalue weighted by atomic mass is 9.81. The van der Waals surface area contributed by atoms with Gasteiger partial charge in [-0.2, -0.15) is 5.10 Å². The third-order valence-electron chi connectivity index (χ3n) is 4.11. The summed E-state index contributed by atoms with van der Waals surface area (Å²) in [6, 6.07) is 0.308. The summed E-state index contributed by atoms with van der Waals surface area (Å²) in [7, 11) is 1.89. The molecule has 0 radical (unpaired) electrons. The molecule has 2 rings (SSSR count). The van der Waals surface area contributed by atoms with Gasteiger partial charge in [0, 0.05) is 18.9 Å². The number of halogens is 3. The summed E-state index contributed by atoms with van der Waals surface area (Å²) < 4.78 is 29.6. The maximum atomic E-state index is 13.3. The minimum absolute atomic E-state index is 0.0106. The lowest BCUT2D eigenvalue weighted by molar-refractivity contribution is -0.0498. The Balaban J connectivity index is 2.23. The van der Waals surface area contributed by atoms with Gasteiger partial charge in [0.05, 0.1) is 22.4 Å². The molecule has 0 saturated heterocycles. The fourth-order valence-electron chi connectivity index (χ4n) is 3.04. The number of hydrogen-bond acceptors (Lipinski definition) is 2. The minimum atomic E-state index is -2.48. The first-order chi connectivity index (χ1) is 9.35. The highest BCUT2D eigenvalue weighted by atomic mass is 79.9. The van der Waals surface area contributed by atoms with Crippen LogP contribution in [0, 0.1) is 5.92 Å². The molecule has 1 aromatic rings. The van der Waals surface area contributed by atoms with Crippen LogP contribution in [0.2, 0.25) is 0 Å². The highest BCUT2D eigenvalue weighted by Crippen LogP contribution is 2.42. The van der Waals surface area contributed by atoms with E-state index in [1.807, 2.05) is 11.7 Å². The lowest BCUT2D eigenvalue weighted by Gasteiger charge is -2.34. The molecule has 1 saturated carbocycles. The summed E-state index contributed by atoms with van der Waals surface area (Å²) in [5.41, 5.74) is 1.07. The Kier molecular flexibility index (Phi) is 4.84. The van der Waals surface area contributed by atoms with E-state index in [-0.39, 0.29) is 30.8 Å². The molecule has 0 aliphatic heterocycles. The molecule has 1 aliphatic carbocycles. The van der Waals surface area contributed by atoms with Crippen molar-refractivity contribution < 1.29 is 8.78 Å². The molecule has 1 atom stereocenters. The largest absolute Gasteiger partial charge is 0.311 e. The fourth-order valence-corrected chi connectivity index (χ4v) is 3.56. The number of nitrogens with one attached hydrogen (secondary N) is 1. The van der Waals surface area contributed by atoms with Crippen LogP contribution in [0.1, 0.15) is 57.3 Å². The number of aromatic nitrogens is 2. The first-order valence-corrected chi connectivity index (χ1v) is 7.93. The Morgan fingerprint density at radius 2 is 2.00 bits per heavy atom. The van der Waals surface area contributed by atoms with Crippen LogP contribution in [0.3, 0.4) is 0 Å². The summed E-state index contributed by atoms with van der Waals surface area (Å²) >= 11 is 3.54. The van der Waals surface area contributed by atoms with E-state index in [0.29, 0.717) is 12.8 Å². The molecule has 0 bridgehead atoms. The normalized spacial score (nSPS) is 21.4. The van der Waals surface area contributed by atoms with Gasteiger partial charge in [-0.05, 0) is 55.6 Å². The van der Waals surface area contributed by atoms with E-state index in [0.717, 1.165) is 10.2 Å². The zero-order valence-corrected chi connectivity index (χ0v) is 13.8. The van der Waals surface area contributed by atoms with Gasteiger partial charge in [0.1, 0.15) is 0 Å². The number of alkyl halides is 2. The van der Waals surface area contributed by atoms with Crippen LogP contribution in [0.5, 0.6) is 0 Å². The molecule has 6 heteroatoms. The summed E-state index contributed by atoms with van der Waals surface area (Å²) in [6.45, 7) is 4.15. The van der Waals surface area contributed by atoms with Crippen LogP contribution >= 0.6 is 15.9 Å². The number of nitrogens with zero attached hydrogens (tertiary/aromatic N) is 2. The van der Waals surface area contributed by atoms with Gasteiger partial charge in [-0.3, -0.25) is 4.68 Å². The van der Waals surface area contributed by atoms with Crippen molar-refractivity contribution in [3.63, 3.8) is 0 Å². The van der Waals surface area contributed by atoms with Crippen molar-refractivity contribution in [2.75, 3.05) is 7.05 Å². The molecule has 1 fully saturated rings. The molecule has 0 spiro atoms. The summed E-state index contributed by atoms with van der Waals surface area (Å²) in [5, 5.41) is 7.69. The Bertz CT molecular complexity index is 449. The highest BCUT2D eigenvalue weighted by Gasteiger charge is 2.39. The second-order valence-corrected chi connectivity index (χ2v) is 6.73. The Morgan fingerprint density at radius 1 is 1.40 bits per heavy atom. The SMILES string of the molecule is CNC(c1c(Br)cnn1C(C)C)C1CCC(F)(F)CC1. The molecule has 1 unspecified atom stereocenters. The number of hydrogen-bond donors (Lipinski definition) is 1. The van der Waals surface area contributed by atoms with E-state index in [4.69, 9.17) is 0 Å². The van der Waals surface area contributed by atoms with E-state index in [1.54, 1.807) is 6.20 Å². The Labute approximate surface area is 127 Å². The molecular weight excluding hydrogens is 328 g/mol. The van der Waals surface area contributed by atoms with Crippen molar-refractivity contribution in [3.8, 4) is 0 Å². The van der Waals surface area contributed by atoms with Crippen LogP contribution in [0.25, 0.3) is 0 Å². The zero-order valence-electron chi connectivity index (χ0n) is 12.2. The van der Waals surface area contributed by atoms with Gasteiger partial charge in [0.2, 0.25) is 5.92 Å². The average molecular weight is 350 g/mol. The van der Waals surface area contributed by atoms with Crippen LogP contribution in [-0.4, -0.2) is 22.8 Å². The van der Waals surface area contributed by atoms with Crippen LogP contribution < -0.4 is 5.32 Å². The van der Waals surface area contributed by atoms with Crippen molar-refractivity contribution in [2.24, 2.45) is 5.92 Å². The Morgan fingerprint density at radius 3 is 2.50 bits per heavy atom. The van der Waals surface area contributed by atoms with Crippen molar-refractivity contribution >= 4 is 15.9 Å². The zero-order chi connectivity index (χ0) is 14.9. The molecule has 0 aromatic carbocycles. The van der Waals surface area contributed by atoms with Crippen LogP contribution in [0.15, 0.2) is 10.7 Å². The summed E-state index contributed by atoms with van der Waals surface area (Å²) in [4.78, 5) is 0. The van der Waals surface area contributed by atoms with Gasteiger partial charge < -0.3 is 5.32 Å².